The molecule has 0 bridgehead atoms. The topological polar surface area (TPSA) is 67.4 Å². The van der Waals surface area contributed by atoms with Crippen molar-refractivity contribution >= 4 is 39.8 Å². The molecule has 0 aliphatic carbocycles. The third kappa shape index (κ3) is 5.29. The number of anilines is 1. The first-order valence-electron chi connectivity index (χ1n) is 7.97. The number of carbonyl (C=O) groups is 2. The Labute approximate surface area is 156 Å². The summed E-state index contributed by atoms with van der Waals surface area (Å²) in [4.78, 5) is 24.5. The van der Waals surface area contributed by atoms with Gasteiger partial charge >= 0.3 is 5.97 Å². The SMILES string of the molecule is CCOC(=O)c1sc(NC(=O)CNC(C)c2ccccc2Cl)cc1C. The number of rotatable bonds is 7. The maximum atomic E-state index is 12.1. The molecule has 1 aromatic heterocycles. The van der Waals surface area contributed by atoms with Gasteiger partial charge in [0.15, 0.2) is 0 Å². The molecule has 1 unspecified atom stereocenters. The van der Waals surface area contributed by atoms with Crippen LogP contribution in [0.2, 0.25) is 5.02 Å². The Morgan fingerprint density at radius 2 is 2.04 bits per heavy atom. The van der Waals surface area contributed by atoms with Crippen LogP contribution in [-0.4, -0.2) is 25.0 Å². The van der Waals surface area contributed by atoms with E-state index < -0.39 is 0 Å². The Morgan fingerprint density at radius 3 is 2.72 bits per heavy atom. The van der Waals surface area contributed by atoms with E-state index in [9.17, 15) is 9.59 Å². The summed E-state index contributed by atoms with van der Waals surface area (Å²) in [5, 5.41) is 7.22. The molecule has 134 valence electrons. The van der Waals surface area contributed by atoms with Crippen molar-refractivity contribution in [3.8, 4) is 0 Å². The maximum absolute atomic E-state index is 12.1. The number of ether oxygens (including phenoxy) is 1. The molecule has 0 spiro atoms. The van der Waals surface area contributed by atoms with Crippen LogP contribution in [0.15, 0.2) is 30.3 Å². The van der Waals surface area contributed by atoms with Crippen molar-refractivity contribution in [1.82, 2.24) is 5.32 Å². The minimum Gasteiger partial charge on any atom is -0.462 e. The highest BCUT2D eigenvalue weighted by Gasteiger charge is 2.16. The molecule has 2 aromatic rings. The summed E-state index contributed by atoms with van der Waals surface area (Å²) in [5.41, 5.74) is 1.73. The van der Waals surface area contributed by atoms with E-state index in [0.29, 0.717) is 21.5 Å². The Kier molecular flexibility index (Phi) is 6.99. The van der Waals surface area contributed by atoms with Gasteiger partial charge in [0.05, 0.1) is 18.2 Å². The normalized spacial score (nSPS) is 11.8. The lowest BCUT2D eigenvalue weighted by Gasteiger charge is -2.15. The molecule has 7 heteroatoms. The van der Waals surface area contributed by atoms with Crippen molar-refractivity contribution < 1.29 is 14.3 Å². The van der Waals surface area contributed by atoms with Gasteiger partial charge in [-0.05, 0) is 44.0 Å². The van der Waals surface area contributed by atoms with Gasteiger partial charge in [-0.1, -0.05) is 29.8 Å². The summed E-state index contributed by atoms with van der Waals surface area (Å²) in [6.45, 7) is 5.98. The number of esters is 1. The molecular weight excluding hydrogens is 360 g/mol. The van der Waals surface area contributed by atoms with E-state index in [1.807, 2.05) is 38.1 Å². The fourth-order valence-corrected chi connectivity index (χ4v) is 3.59. The van der Waals surface area contributed by atoms with Crippen molar-refractivity contribution in [1.29, 1.82) is 0 Å². The zero-order valence-corrected chi connectivity index (χ0v) is 16.0. The molecule has 5 nitrogen and oxygen atoms in total. The van der Waals surface area contributed by atoms with Crippen LogP contribution in [0.1, 0.15) is 40.7 Å². The number of halogens is 1. The van der Waals surface area contributed by atoms with Crippen LogP contribution in [0.5, 0.6) is 0 Å². The Balaban J connectivity index is 1.91. The van der Waals surface area contributed by atoms with Crippen molar-refractivity contribution in [2.45, 2.75) is 26.8 Å². The van der Waals surface area contributed by atoms with Gasteiger partial charge < -0.3 is 15.4 Å². The lowest BCUT2D eigenvalue weighted by atomic mass is 10.1. The first-order valence-corrected chi connectivity index (χ1v) is 9.17. The average molecular weight is 381 g/mol. The van der Waals surface area contributed by atoms with Gasteiger partial charge in [0, 0.05) is 11.1 Å². The molecule has 1 amide bonds. The number of aryl methyl sites for hydroxylation is 1. The van der Waals surface area contributed by atoms with Crippen molar-refractivity contribution in [3.05, 3.63) is 51.4 Å². The summed E-state index contributed by atoms with van der Waals surface area (Å²) >= 11 is 7.37. The molecule has 0 radical (unpaired) electrons. The zero-order valence-electron chi connectivity index (χ0n) is 14.4. The maximum Gasteiger partial charge on any atom is 0.348 e. The van der Waals surface area contributed by atoms with Gasteiger partial charge in [0.25, 0.3) is 0 Å². The zero-order chi connectivity index (χ0) is 18.4. The number of thiophene rings is 1. The molecule has 25 heavy (non-hydrogen) atoms. The summed E-state index contributed by atoms with van der Waals surface area (Å²) in [5.74, 6) is -0.550. The summed E-state index contributed by atoms with van der Waals surface area (Å²) < 4.78 is 5.00. The Hall–Kier alpha value is -1.89. The molecule has 2 N–H and O–H groups in total. The third-order valence-electron chi connectivity index (χ3n) is 3.58. The van der Waals surface area contributed by atoms with E-state index in [2.05, 4.69) is 10.6 Å². The highest BCUT2D eigenvalue weighted by molar-refractivity contribution is 7.18. The van der Waals surface area contributed by atoms with Gasteiger partial charge in [-0.25, -0.2) is 4.79 Å². The number of amides is 1. The first kappa shape index (κ1) is 19.4. The molecule has 0 saturated carbocycles. The average Bonchev–Trinajstić information content (AvgIpc) is 2.93. The van der Waals surface area contributed by atoms with E-state index in [1.54, 1.807) is 13.0 Å². The molecular formula is C18H21ClN2O3S. The van der Waals surface area contributed by atoms with Crippen molar-refractivity contribution in [3.63, 3.8) is 0 Å². The number of hydrogen-bond acceptors (Lipinski definition) is 5. The van der Waals surface area contributed by atoms with Crippen molar-refractivity contribution in [2.75, 3.05) is 18.5 Å². The molecule has 0 aliphatic heterocycles. The molecule has 2 rings (SSSR count). The predicted molar refractivity (Wildman–Crippen MR) is 102 cm³/mol. The van der Waals surface area contributed by atoms with Crippen LogP contribution in [0.25, 0.3) is 0 Å². The minimum absolute atomic E-state index is 0.0559. The first-order chi connectivity index (χ1) is 11.9. The fraction of sp³-hybridized carbons (Fsp3) is 0.333. The highest BCUT2D eigenvalue weighted by atomic mass is 35.5. The second kappa shape index (κ2) is 8.99. The highest BCUT2D eigenvalue weighted by Crippen LogP contribution is 2.27. The second-order valence-corrected chi connectivity index (χ2v) is 6.97. The number of nitrogens with one attached hydrogen (secondary N) is 2. The smallest absolute Gasteiger partial charge is 0.348 e. The second-order valence-electron chi connectivity index (χ2n) is 5.52. The minimum atomic E-state index is -0.365. The van der Waals surface area contributed by atoms with Gasteiger partial charge in [-0.2, -0.15) is 0 Å². The van der Waals surface area contributed by atoms with Gasteiger partial charge in [0.2, 0.25) is 5.91 Å². The fourth-order valence-electron chi connectivity index (χ4n) is 2.31. The molecule has 1 aromatic carbocycles. The van der Waals surface area contributed by atoms with Crippen LogP contribution < -0.4 is 10.6 Å². The van der Waals surface area contributed by atoms with Gasteiger partial charge in [0.1, 0.15) is 4.88 Å². The van der Waals surface area contributed by atoms with Crippen LogP contribution in [-0.2, 0) is 9.53 Å². The van der Waals surface area contributed by atoms with E-state index in [4.69, 9.17) is 16.3 Å². The molecule has 0 aliphatic rings. The summed E-state index contributed by atoms with van der Waals surface area (Å²) in [7, 11) is 0. The lowest BCUT2D eigenvalue weighted by Crippen LogP contribution is -2.30. The summed E-state index contributed by atoms with van der Waals surface area (Å²) in [6, 6.07) is 9.23. The molecule has 1 atom stereocenters. The third-order valence-corrected chi connectivity index (χ3v) is 5.06. The van der Waals surface area contributed by atoms with E-state index in [0.717, 1.165) is 11.1 Å². The van der Waals surface area contributed by atoms with Gasteiger partial charge in [-0.3, -0.25) is 4.79 Å². The predicted octanol–water partition coefficient (Wildman–Crippen LogP) is 4.18. The quantitative estimate of drug-likeness (QED) is 0.707. The monoisotopic (exact) mass is 380 g/mol. The number of benzene rings is 1. The molecule has 1 heterocycles. The lowest BCUT2D eigenvalue weighted by molar-refractivity contribution is -0.115. The molecule has 0 fully saturated rings. The van der Waals surface area contributed by atoms with E-state index in [1.165, 1.54) is 11.3 Å². The largest absolute Gasteiger partial charge is 0.462 e. The van der Waals surface area contributed by atoms with Crippen LogP contribution in [0.4, 0.5) is 5.00 Å². The van der Waals surface area contributed by atoms with Crippen LogP contribution >= 0.6 is 22.9 Å². The number of hydrogen-bond donors (Lipinski definition) is 2. The van der Waals surface area contributed by atoms with Gasteiger partial charge in [-0.15, -0.1) is 11.3 Å². The van der Waals surface area contributed by atoms with Crippen LogP contribution in [0.3, 0.4) is 0 Å². The van der Waals surface area contributed by atoms with E-state index in [-0.39, 0.29) is 24.5 Å². The molecule has 0 saturated heterocycles. The Bertz CT molecular complexity index is 761. The standard InChI is InChI=1S/C18H21ClN2O3S/c1-4-24-18(23)17-11(2)9-16(25-17)21-15(22)10-20-12(3)13-7-5-6-8-14(13)19/h5-9,12,20H,4,10H2,1-3H3,(H,21,22). The number of carbonyl (C=O) groups excluding carboxylic acids is 2. The summed E-state index contributed by atoms with van der Waals surface area (Å²) in [6.07, 6.45) is 0. The van der Waals surface area contributed by atoms with E-state index >= 15 is 0 Å². The Morgan fingerprint density at radius 1 is 1.32 bits per heavy atom. The van der Waals surface area contributed by atoms with Crippen LogP contribution in [0, 0.1) is 6.92 Å². The van der Waals surface area contributed by atoms with Crippen molar-refractivity contribution in [2.24, 2.45) is 0 Å².